The van der Waals surface area contributed by atoms with Gasteiger partial charge in [-0.3, -0.25) is 14.6 Å². The molecule has 6 heteroatoms. The SMILES string of the molecule is COc1ccc(CCNc2cncc(C(=O)Nc3cccc(C(C)=O)c3)c2)cc1. The number of rotatable bonds is 8. The molecule has 29 heavy (non-hydrogen) atoms. The number of ketones is 1. The Morgan fingerprint density at radius 2 is 1.72 bits per heavy atom. The Hall–Kier alpha value is -3.67. The highest BCUT2D eigenvalue weighted by atomic mass is 16.5. The lowest BCUT2D eigenvalue weighted by atomic mass is 10.1. The summed E-state index contributed by atoms with van der Waals surface area (Å²) in [6.45, 7) is 2.20. The van der Waals surface area contributed by atoms with Crippen molar-refractivity contribution in [3.05, 3.63) is 83.7 Å². The predicted molar refractivity (Wildman–Crippen MR) is 114 cm³/mol. The van der Waals surface area contributed by atoms with Gasteiger partial charge in [0, 0.05) is 30.2 Å². The second-order valence-corrected chi connectivity index (χ2v) is 6.58. The van der Waals surface area contributed by atoms with Crippen molar-refractivity contribution in [1.29, 1.82) is 0 Å². The van der Waals surface area contributed by atoms with Crippen LogP contribution < -0.4 is 15.4 Å². The molecule has 0 bridgehead atoms. The van der Waals surface area contributed by atoms with E-state index in [2.05, 4.69) is 15.6 Å². The number of hydrogen-bond acceptors (Lipinski definition) is 5. The van der Waals surface area contributed by atoms with Gasteiger partial charge in [-0.1, -0.05) is 24.3 Å². The van der Waals surface area contributed by atoms with Crippen LogP contribution in [0.5, 0.6) is 5.75 Å². The van der Waals surface area contributed by atoms with Crippen LogP contribution in [0.2, 0.25) is 0 Å². The average molecular weight is 389 g/mol. The largest absolute Gasteiger partial charge is 0.497 e. The fourth-order valence-corrected chi connectivity index (χ4v) is 2.82. The van der Waals surface area contributed by atoms with Crippen LogP contribution in [0.3, 0.4) is 0 Å². The van der Waals surface area contributed by atoms with Crippen LogP contribution in [-0.4, -0.2) is 30.3 Å². The number of Topliss-reactive ketones (excluding diaryl/α,β-unsaturated/α-hetero) is 1. The van der Waals surface area contributed by atoms with Crippen LogP contribution in [0.15, 0.2) is 67.0 Å². The third kappa shape index (κ3) is 5.65. The van der Waals surface area contributed by atoms with E-state index >= 15 is 0 Å². The molecule has 148 valence electrons. The van der Waals surface area contributed by atoms with E-state index in [9.17, 15) is 9.59 Å². The molecule has 0 spiro atoms. The van der Waals surface area contributed by atoms with E-state index in [0.717, 1.165) is 17.9 Å². The first-order valence-electron chi connectivity index (χ1n) is 9.29. The van der Waals surface area contributed by atoms with Gasteiger partial charge >= 0.3 is 0 Å². The first kappa shape index (κ1) is 20.1. The Labute approximate surface area is 169 Å². The number of anilines is 2. The van der Waals surface area contributed by atoms with E-state index in [1.165, 1.54) is 18.7 Å². The highest BCUT2D eigenvalue weighted by molar-refractivity contribution is 6.05. The summed E-state index contributed by atoms with van der Waals surface area (Å²) in [4.78, 5) is 28.2. The van der Waals surface area contributed by atoms with E-state index < -0.39 is 0 Å². The van der Waals surface area contributed by atoms with Gasteiger partial charge in [-0.05, 0) is 49.2 Å². The number of carbonyl (C=O) groups excluding carboxylic acids is 2. The molecule has 0 saturated carbocycles. The third-order valence-corrected chi connectivity index (χ3v) is 4.43. The molecule has 1 amide bonds. The molecule has 0 saturated heterocycles. The van der Waals surface area contributed by atoms with Crippen LogP contribution in [-0.2, 0) is 6.42 Å². The molecule has 0 aliphatic heterocycles. The second kappa shape index (κ2) is 9.50. The van der Waals surface area contributed by atoms with E-state index in [4.69, 9.17) is 4.74 Å². The minimum Gasteiger partial charge on any atom is -0.497 e. The van der Waals surface area contributed by atoms with Crippen molar-refractivity contribution in [3.63, 3.8) is 0 Å². The van der Waals surface area contributed by atoms with Gasteiger partial charge in [0.1, 0.15) is 5.75 Å². The molecular formula is C23H23N3O3. The number of benzene rings is 2. The summed E-state index contributed by atoms with van der Waals surface area (Å²) in [7, 11) is 1.65. The molecule has 0 atom stereocenters. The topological polar surface area (TPSA) is 80.3 Å². The highest BCUT2D eigenvalue weighted by Crippen LogP contribution is 2.15. The lowest BCUT2D eigenvalue weighted by Gasteiger charge is -2.09. The molecule has 2 N–H and O–H groups in total. The number of ether oxygens (including phenoxy) is 1. The average Bonchev–Trinajstić information content (AvgIpc) is 2.74. The zero-order valence-corrected chi connectivity index (χ0v) is 16.4. The number of amides is 1. The molecule has 0 aliphatic rings. The molecular weight excluding hydrogens is 366 g/mol. The zero-order valence-electron chi connectivity index (χ0n) is 16.4. The maximum atomic E-state index is 12.5. The van der Waals surface area contributed by atoms with Crippen LogP contribution >= 0.6 is 0 Å². The van der Waals surface area contributed by atoms with E-state index in [1.54, 1.807) is 43.6 Å². The molecule has 0 unspecified atom stereocenters. The third-order valence-electron chi connectivity index (χ3n) is 4.43. The maximum absolute atomic E-state index is 12.5. The number of hydrogen-bond donors (Lipinski definition) is 2. The minimum atomic E-state index is -0.281. The van der Waals surface area contributed by atoms with Crippen molar-refractivity contribution in [3.8, 4) is 5.75 Å². The Kier molecular flexibility index (Phi) is 6.58. The monoisotopic (exact) mass is 389 g/mol. The first-order valence-corrected chi connectivity index (χ1v) is 9.29. The molecule has 6 nitrogen and oxygen atoms in total. The number of aromatic nitrogens is 1. The van der Waals surface area contributed by atoms with Gasteiger partial charge in [0.05, 0.1) is 18.4 Å². The van der Waals surface area contributed by atoms with Crippen molar-refractivity contribution in [2.75, 3.05) is 24.3 Å². The van der Waals surface area contributed by atoms with Crippen molar-refractivity contribution in [2.45, 2.75) is 13.3 Å². The predicted octanol–water partition coefficient (Wildman–Crippen LogP) is 4.20. The molecule has 2 aromatic carbocycles. The standard InChI is InChI=1S/C23H23N3O3/c1-16(27)18-4-3-5-20(12-18)26-23(28)19-13-21(15-24-14-19)25-11-10-17-6-8-22(29-2)9-7-17/h3-9,12-15,25H,10-11H2,1-2H3,(H,26,28). The number of nitrogens with one attached hydrogen (secondary N) is 2. The van der Waals surface area contributed by atoms with Crippen molar-refractivity contribution >= 4 is 23.1 Å². The van der Waals surface area contributed by atoms with Crippen LogP contribution in [0.4, 0.5) is 11.4 Å². The molecule has 0 fully saturated rings. The van der Waals surface area contributed by atoms with Gasteiger partial charge < -0.3 is 15.4 Å². The van der Waals surface area contributed by atoms with Crippen LogP contribution in [0, 0.1) is 0 Å². The first-order chi connectivity index (χ1) is 14.0. The molecule has 0 radical (unpaired) electrons. The fraction of sp³-hybridized carbons (Fsp3) is 0.174. The lowest BCUT2D eigenvalue weighted by Crippen LogP contribution is -2.13. The summed E-state index contributed by atoms with van der Waals surface area (Å²) >= 11 is 0. The number of pyridine rings is 1. The van der Waals surface area contributed by atoms with Crippen molar-refractivity contribution in [1.82, 2.24) is 4.98 Å². The Balaban J connectivity index is 1.58. The van der Waals surface area contributed by atoms with Crippen LogP contribution in [0.1, 0.15) is 33.2 Å². The van der Waals surface area contributed by atoms with Crippen molar-refractivity contribution in [2.24, 2.45) is 0 Å². The summed E-state index contributed by atoms with van der Waals surface area (Å²) in [5.41, 5.74) is 3.51. The second-order valence-electron chi connectivity index (χ2n) is 6.58. The smallest absolute Gasteiger partial charge is 0.257 e. The van der Waals surface area contributed by atoms with Gasteiger partial charge in [-0.15, -0.1) is 0 Å². The van der Waals surface area contributed by atoms with E-state index in [-0.39, 0.29) is 11.7 Å². The van der Waals surface area contributed by atoms with E-state index in [0.29, 0.717) is 23.4 Å². The maximum Gasteiger partial charge on any atom is 0.257 e. The normalized spacial score (nSPS) is 10.3. The highest BCUT2D eigenvalue weighted by Gasteiger charge is 2.09. The zero-order chi connectivity index (χ0) is 20.6. The van der Waals surface area contributed by atoms with Crippen LogP contribution in [0.25, 0.3) is 0 Å². The van der Waals surface area contributed by atoms with Gasteiger partial charge in [0.2, 0.25) is 0 Å². The number of nitrogens with zero attached hydrogens (tertiary/aromatic N) is 1. The minimum absolute atomic E-state index is 0.0502. The quantitative estimate of drug-likeness (QED) is 0.565. The van der Waals surface area contributed by atoms with Gasteiger partial charge in [0.25, 0.3) is 5.91 Å². The van der Waals surface area contributed by atoms with Gasteiger partial charge in [-0.25, -0.2) is 0 Å². The Bertz CT molecular complexity index is 1000. The molecule has 0 aliphatic carbocycles. The number of methoxy groups -OCH3 is 1. The molecule has 3 rings (SSSR count). The summed E-state index contributed by atoms with van der Waals surface area (Å²) in [5, 5.41) is 6.09. The van der Waals surface area contributed by atoms with E-state index in [1.807, 2.05) is 24.3 Å². The Morgan fingerprint density at radius 3 is 2.45 bits per heavy atom. The molecule has 1 aromatic heterocycles. The summed E-state index contributed by atoms with van der Waals surface area (Å²) in [6.07, 6.45) is 4.03. The summed E-state index contributed by atoms with van der Waals surface area (Å²) in [6, 6.07) is 16.5. The Morgan fingerprint density at radius 1 is 0.966 bits per heavy atom. The lowest BCUT2D eigenvalue weighted by molar-refractivity contribution is 0.101. The summed E-state index contributed by atoms with van der Waals surface area (Å²) in [5.74, 6) is 0.501. The van der Waals surface area contributed by atoms with Gasteiger partial charge in [0.15, 0.2) is 5.78 Å². The molecule has 1 heterocycles. The summed E-state index contributed by atoms with van der Waals surface area (Å²) < 4.78 is 5.16. The number of carbonyl (C=O) groups is 2. The van der Waals surface area contributed by atoms with Gasteiger partial charge in [-0.2, -0.15) is 0 Å². The van der Waals surface area contributed by atoms with Crippen molar-refractivity contribution < 1.29 is 14.3 Å². The fourth-order valence-electron chi connectivity index (χ4n) is 2.82. The molecule has 3 aromatic rings.